The first kappa shape index (κ1) is 17.3. The van der Waals surface area contributed by atoms with E-state index in [4.69, 9.17) is 16.6 Å². The number of nitrogens with zero attached hydrogens (tertiary/aromatic N) is 2. The van der Waals surface area contributed by atoms with Crippen LogP contribution in [-0.2, 0) is 0 Å². The average Bonchev–Trinajstić information content (AvgIpc) is 3.10. The molecule has 1 saturated heterocycles. The Hall–Kier alpha value is -2.05. The summed E-state index contributed by atoms with van der Waals surface area (Å²) in [6, 6.07) is 13.6. The first-order chi connectivity index (χ1) is 10.7. The van der Waals surface area contributed by atoms with Crippen LogP contribution in [0.3, 0.4) is 0 Å². The van der Waals surface area contributed by atoms with Gasteiger partial charge in [-0.3, -0.25) is 10.1 Å². The quantitative estimate of drug-likeness (QED) is 0.713. The lowest BCUT2D eigenvalue weighted by Crippen LogP contribution is -3.00. The number of benzene rings is 1. The van der Waals surface area contributed by atoms with Gasteiger partial charge in [0.25, 0.3) is 5.91 Å². The van der Waals surface area contributed by atoms with Crippen LogP contribution in [-0.4, -0.2) is 42.1 Å². The van der Waals surface area contributed by atoms with Gasteiger partial charge < -0.3 is 26.6 Å². The van der Waals surface area contributed by atoms with Gasteiger partial charge in [0.05, 0.1) is 6.26 Å². The van der Waals surface area contributed by atoms with Crippen molar-refractivity contribution in [3.05, 3.63) is 54.5 Å². The third-order valence-electron chi connectivity index (χ3n) is 3.65. The fraction of sp³-hybridized carbons (Fsp3) is 0.250. The van der Waals surface area contributed by atoms with Gasteiger partial charge in [-0.05, 0) is 36.5 Å². The van der Waals surface area contributed by atoms with Gasteiger partial charge in [0.1, 0.15) is 0 Å². The van der Waals surface area contributed by atoms with Crippen LogP contribution in [0.1, 0.15) is 10.6 Å². The van der Waals surface area contributed by atoms with Crippen molar-refractivity contribution in [1.82, 2.24) is 10.2 Å². The van der Waals surface area contributed by atoms with Gasteiger partial charge in [-0.2, -0.15) is 0 Å². The van der Waals surface area contributed by atoms with Crippen LogP contribution >= 0.6 is 12.2 Å². The number of carbonyl (C=O) groups is 1. The van der Waals surface area contributed by atoms with Gasteiger partial charge in [0.2, 0.25) is 0 Å². The Morgan fingerprint density at radius 2 is 1.74 bits per heavy atom. The normalized spacial score (nSPS) is 14.1. The molecule has 5 nitrogen and oxygen atoms in total. The third-order valence-corrected chi connectivity index (χ3v) is 4.01. The average molecular weight is 351 g/mol. The molecule has 0 aliphatic carbocycles. The Morgan fingerprint density at radius 1 is 1.04 bits per heavy atom. The van der Waals surface area contributed by atoms with Crippen LogP contribution in [0, 0.1) is 0 Å². The van der Waals surface area contributed by atoms with Crippen LogP contribution in [0.4, 0.5) is 5.69 Å². The predicted octanol–water partition coefficient (Wildman–Crippen LogP) is -0.879. The van der Waals surface area contributed by atoms with Crippen LogP contribution in [0.25, 0.3) is 0 Å². The number of carbonyl (C=O) groups excluding carboxylic acids is 1. The molecule has 0 spiro atoms. The van der Waals surface area contributed by atoms with Crippen molar-refractivity contribution < 1.29 is 21.6 Å². The third kappa shape index (κ3) is 4.24. The number of hydrogen-bond donors (Lipinski definition) is 1. The van der Waals surface area contributed by atoms with E-state index in [-0.39, 0.29) is 24.1 Å². The van der Waals surface area contributed by atoms with Gasteiger partial charge in [0, 0.05) is 31.9 Å². The molecule has 1 amide bonds. The van der Waals surface area contributed by atoms with E-state index in [1.165, 1.54) is 12.0 Å². The standard InChI is InChI=1S/C16H17N3O2S.ClH/c20-15(14-7-4-12-21-14)17-16(22)19-10-8-18(9-11-19)13-5-2-1-3-6-13;/h1-7,12H,8-11H2,(H,17,20,22);1H/p-1. The highest BCUT2D eigenvalue weighted by Crippen LogP contribution is 2.15. The number of rotatable bonds is 2. The summed E-state index contributed by atoms with van der Waals surface area (Å²) in [5, 5.41) is 3.17. The van der Waals surface area contributed by atoms with Gasteiger partial charge >= 0.3 is 0 Å². The van der Waals surface area contributed by atoms with E-state index in [0.29, 0.717) is 5.11 Å². The molecule has 1 aliphatic rings. The van der Waals surface area contributed by atoms with Gasteiger partial charge in [-0.15, -0.1) is 0 Å². The predicted molar refractivity (Wildman–Crippen MR) is 89.0 cm³/mol. The topological polar surface area (TPSA) is 48.7 Å². The first-order valence-corrected chi connectivity index (χ1v) is 7.58. The monoisotopic (exact) mass is 350 g/mol. The Labute approximate surface area is 146 Å². The maximum Gasteiger partial charge on any atom is 0.293 e. The maximum absolute atomic E-state index is 11.9. The maximum atomic E-state index is 11.9. The second kappa shape index (κ2) is 7.99. The number of anilines is 1. The second-order valence-corrected chi connectivity index (χ2v) is 5.43. The van der Waals surface area contributed by atoms with E-state index in [9.17, 15) is 4.79 Å². The number of halogens is 1. The van der Waals surface area contributed by atoms with Crippen LogP contribution in [0.2, 0.25) is 0 Å². The number of hydrogen-bond acceptors (Lipinski definition) is 4. The lowest BCUT2D eigenvalue weighted by atomic mass is 10.2. The van der Waals surface area contributed by atoms with Crippen molar-refractivity contribution in [2.75, 3.05) is 31.1 Å². The van der Waals surface area contributed by atoms with Gasteiger partial charge in [-0.25, -0.2) is 0 Å². The van der Waals surface area contributed by atoms with Crippen LogP contribution < -0.4 is 22.6 Å². The number of nitrogens with one attached hydrogen (secondary N) is 1. The molecule has 1 fully saturated rings. The van der Waals surface area contributed by atoms with Gasteiger partial charge in [0.15, 0.2) is 10.9 Å². The minimum atomic E-state index is -0.305. The van der Waals surface area contributed by atoms with Crippen molar-refractivity contribution in [3.8, 4) is 0 Å². The summed E-state index contributed by atoms with van der Waals surface area (Å²) < 4.78 is 5.06. The number of piperazine rings is 1. The Morgan fingerprint density at radius 3 is 2.35 bits per heavy atom. The summed E-state index contributed by atoms with van der Waals surface area (Å²) in [5.74, 6) is -0.0363. The SMILES string of the molecule is O=C(NC(=S)N1CCN(c2ccccc2)CC1)c1ccco1.[Cl-]. The van der Waals surface area contributed by atoms with Crippen LogP contribution in [0.5, 0.6) is 0 Å². The van der Waals surface area contributed by atoms with Crippen LogP contribution in [0.15, 0.2) is 53.1 Å². The number of thiocarbonyl (C=S) groups is 1. The molecule has 23 heavy (non-hydrogen) atoms. The highest BCUT2D eigenvalue weighted by molar-refractivity contribution is 7.80. The largest absolute Gasteiger partial charge is 1.00 e. The molecular weight excluding hydrogens is 334 g/mol. The van der Waals surface area contributed by atoms with E-state index >= 15 is 0 Å². The van der Waals surface area contributed by atoms with Crippen molar-refractivity contribution in [1.29, 1.82) is 0 Å². The highest BCUT2D eigenvalue weighted by atomic mass is 35.5. The zero-order valence-corrected chi connectivity index (χ0v) is 14.0. The zero-order valence-electron chi connectivity index (χ0n) is 12.4. The molecule has 2 aromatic rings. The number of para-hydroxylation sites is 1. The van der Waals surface area contributed by atoms with E-state index in [2.05, 4.69) is 22.3 Å². The minimum absolute atomic E-state index is 0. The molecule has 7 heteroatoms. The van der Waals surface area contributed by atoms with E-state index in [1.54, 1.807) is 12.1 Å². The molecule has 122 valence electrons. The Bertz CT molecular complexity index is 641. The number of furan rings is 1. The molecule has 0 radical (unpaired) electrons. The summed E-state index contributed by atoms with van der Waals surface area (Å²) >= 11 is 5.31. The minimum Gasteiger partial charge on any atom is -1.00 e. The van der Waals surface area contributed by atoms with Crippen molar-refractivity contribution in [2.45, 2.75) is 0 Å². The molecule has 1 aromatic heterocycles. The summed E-state index contributed by atoms with van der Waals surface area (Å²) in [6.07, 6.45) is 1.47. The van der Waals surface area contributed by atoms with Crippen molar-refractivity contribution in [3.63, 3.8) is 0 Å². The molecule has 2 heterocycles. The van der Waals surface area contributed by atoms with Crippen molar-refractivity contribution in [2.24, 2.45) is 0 Å². The molecular formula is C16H17ClN3O2S-. The Balaban J connectivity index is 0.00000192. The fourth-order valence-corrected chi connectivity index (χ4v) is 2.73. The molecule has 1 N–H and O–H groups in total. The molecule has 0 saturated carbocycles. The van der Waals surface area contributed by atoms with E-state index in [1.807, 2.05) is 23.1 Å². The second-order valence-electron chi connectivity index (χ2n) is 5.05. The Kier molecular flexibility index (Phi) is 6.01. The number of amides is 1. The summed E-state index contributed by atoms with van der Waals surface area (Å²) in [7, 11) is 0. The van der Waals surface area contributed by atoms with Crippen molar-refractivity contribution >= 4 is 28.9 Å². The van der Waals surface area contributed by atoms with E-state index in [0.717, 1.165) is 26.2 Å². The smallest absolute Gasteiger partial charge is 0.293 e. The summed E-state index contributed by atoms with van der Waals surface area (Å²) in [4.78, 5) is 16.2. The summed E-state index contributed by atoms with van der Waals surface area (Å²) in [6.45, 7) is 3.32. The van der Waals surface area contributed by atoms with E-state index < -0.39 is 0 Å². The highest BCUT2D eigenvalue weighted by Gasteiger charge is 2.21. The molecule has 0 atom stereocenters. The molecule has 0 unspecified atom stereocenters. The lowest BCUT2D eigenvalue weighted by Gasteiger charge is -2.37. The molecule has 1 aromatic carbocycles. The summed E-state index contributed by atoms with van der Waals surface area (Å²) in [5.41, 5.74) is 1.22. The van der Waals surface area contributed by atoms with Gasteiger partial charge in [-0.1, -0.05) is 18.2 Å². The first-order valence-electron chi connectivity index (χ1n) is 7.18. The molecule has 3 rings (SSSR count). The lowest BCUT2D eigenvalue weighted by molar-refractivity contribution is -0.0000128. The molecule has 1 aliphatic heterocycles. The fourth-order valence-electron chi connectivity index (χ4n) is 2.45. The molecule has 0 bridgehead atoms. The zero-order chi connectivity index (χ0) is 15.4.